The number of aromatic nitrogens is 2. The van der Waals surface area contributed by atoms with Gasteiger partial charge in [0.2, 0.25) is 0 Å². The van der Waals surface area contributed by atoms with Gasteiger partial charge in [0, 0.05) is 31.4 Å². The lowest BCUT2D eigenvalue weighted by atomic mass is 10.2. The first-order chi connectivity index (χ1) is 15.7. The maximum Gasteiger partial charge on any atom is 0.266 e. The number of hydrogen-bond donors (Lipinski definition) is 0. The van der Waals surface area contributed by atoms with Crippen LogP contribution in [0, 0.1) is 6.92 Å². The summed E-state index contributed by atoms with van der Waals surface area (Å²) in [4.78, 5) is 25.0. The topological polar surface area (TPSA) is 55.3 Å². The van der Waals surface area contributed by atoms with Crippen molar-refractivity contribution in [1.82, 2.24) is 14.9 Å². The van der Waals surface area contributed by atoms with Gasteiger partial charge in [-0.15, -0.1) is 11.3 Å². The van der Waals surface area contributed by atoms with Gasteiger partial charge < -0.3 is 9.64 Å². The molecule has 0 saturated carbocycles. The molecule has 0 aliphatic rings. The van der Waals surface area contributed by atoms with Crippen molar-refractivity contribution >= 4 is 17.2 Å². The highest BCUT2D eigenvalue weighted by atomic mass is 32.1. The van der Waals surface area contributed by atoms with Crippen LogP contribution in [0.1, 0.15) is 31.6 Å². The Morgan fingerprint density at radius 2 is 1.69 bits per heavy atom. The van der Waals surface area contributed by atoms with Gasteiger partial charge in [-0.2, -0.15) is 0 Å². The molecule has 0 bridgehead atoms. The number of hydrogen-bond acceptors (Lipinski definition) is 5. The summed E-state index contributed by atoms with van der Waals surface area (Å²) >= 11 is 1.40. The molecule has 2 heterocycles. The van der Waals surface area contributed by atoms with E-state index in [1.807, 2.05) is 90.7 Å². The summed E-state index contributed by atoms with van der Waals surface area (Å²) in [5.41, 5.74) is 2.80. The molecule has 1 amide bonds. The summed E-state index contributed by atoms with van der Waals surface area (Å²) in [7, 11) is 0. The van der Waals surface area contributed by atoms with Gasteiger partial charge in [0.15, 0.2) is 0 Å². The Labute approximate surface area is 192 Å². The van der Waals surface area contributed by atoms with Crippen molar-refractivity contribution < 1.29 is 9.53 Å². The quantitative estimate of drug-likeness (QED) is 0.352. The third kappa shape index (κ3) is 5.80. The molecule has 4 aromatic rings. The Hall–Kier alpha value is -3.51. The van der Waals surface area contributed by atoms with Gasteiger partial charge in [-0.05, 0) is 36.8 Å². The number of para-hydroxylation sites is 1. The van der Waals surface area contributed by atoms with Gasteiger partial charge >= 0.3 is 0 Å². The van der Waals surface area contributed by atoms with E-state index in [2.05, 4.69) is 9.97 Å². The Morgan fingerprint density at radius 1 is 0.969 bits per heavy atom. The molecule has 2 aromatic carbocycles. The fourth-order valence-corrected chi connectivity index (χ4v) is 4.32. The van der Waals surface area contributed by atoms with Gasteiger partial charge in [0.05, 0.1) is 5.69 Å². The summed E-state index contributed by atoms with van der Waals surface area (Å²) in [5, 5.41) is 0.791. The fraction of sp³-hybridized carbons (Fsp3) is 0.192. The van der Waals surface area contributed by atoms with Crippen LogP contribution in [0.4, 0.5) is 0 Å². The fourth-order valence-electron chi connectivity index (χ4n) is 3.37. The van der Waals surface area contributed by atoms with Crippen molar-refractivity contribution in [2.45, 2.75) is 26.5 Å². The average Bonchev–Trinajstić information content (AvgIpc) is 3.22. The minimum Gasteiger partial charge on any atom is -0.486 e. The van der Waals surface area contributed by atoms with Gasteiger partial charge in [-0.3, -0.25) is 9.78 Å². The lowest BCUT2D eigenvalue weighted by molar-refractivity contribution is 0.0748. The molecule has 0 aliphatic heterocycles. The second kappa shape index (κ2) is 10.7. The normalized spacial score (nSPS) is 10.7. The van der Waals surface area contributed by atoms with E-state index < -0.39 is 0 Å². The standard InChI is InChI=1S/C26H25N3O2S/c1-20-25(32-24(28-20)19-31-23-13-6-3-7-14-23)26(30)29(18-21-10-4-2-5-11-21)17-15-22-12-8-9-16-27-22/h2-14,16H,15,17-19H2,1H3. The Bertz CT molecular complexity index is 1130. The molecule has 6 heteroatoms. The number of rotatable bonds is 9. The average molecular weight is 444 g/mol. The zero-order valence-corrected chi connectivity index (χ0v) is 18.8. The van der Waals surface area contributed by atoms with E-state index in [0.717, 1.165) is 27.7 Å². The molecule has 0 saturated heterocycles. The van der Waals surface area contributed by atoms with E-state index in [-0.39, 0.29) is 5.91 Å². The Morgan fingerprint density at radius 3 is 2.41 bits per heavy atom. The lowest BCUT2D eigenvalue weighted by Crippen LogP contribution is -2.32. The van der Waals surface area contributed by atoms with Crippen LogP contribution in [-0.4, -0.2) is 27.3 Å². The molecule has 4 rings (SSSR count). The molecule has 0 fully saturated rings. The highest BCUT2D eigenvalue weighted by Gasteiger charge is 2.22. The maximum absolute atomic E-state index is 13.5. The first-order valence-corrected chi connectivity index (χ1v) is 11.4. The molecule has 0 aliphatic carbocycles. The van der Waals surface area contributed by atoms with Gasteiger partial charge in [-0.25, -0.2) is 4.98 Å². The largest absolute Gasteiger partial charge is 0.486 e. The highest BCUT2D eigenvalue weighted by Crippen LogP contribution is 2.23. The summed E-state index contributed by atoms with van der Waals surface area (Å²) in [6, 6.07) is 25.5. The third-order valence-electron chi connectivity index (χ3n) is 5.01. The monoisotopic (exact) mass is 443 g/mol. The SMILES string of the molecule is Cc1nc(COc2ccccc2)sc1C(=O)N(CCc1ccccn1)Cc1ccccc1. The van der Waals surface area contributed by atoms with Crippen LogP contribution in [0.3, 0.4) is 0 Å². The van der Waals surface area contributed by atoms with Crippen LogP contribution in [0.2, 0.25) is 0 Å². The maximum atomic E-state index is 13.5. The van der Waals surface area contributed by atoms with E-state index in [1.54, 1.807) is 6.20 Å². The van der Waals surface area contributed by atoms with E-state index in [1.165, 1.54) is 11.3 Å². The molecule has 32 heavy (non-hydrogen) atoms. The molecule has 0 radical (unpaired) electrons. The Balaban J connectivity index is 1.49. The molecule has 0 atom stereocenters. The molecule has 2 aromatic heterocycles. The molecule has 0 N–H and O–H groups in total. The predicted octanol–water partition coefficient (Wildman–Crippen LogP) is 5.31. The zero-order chi connectivity index (χ0) is 22.2. The first-order valence-electron chi connectivity index (χ1n) is 10.6. The van der Waals surface area contributed by atoms with Crippen LogP contribution in [-0.2, 0) is 19.6 Å². The van der Waals surface area contributed by atoms with Crippen molar-refractivity contribution in [2.75, 3.05) is 6.54 Å². The van der Waals surface area contributed by atoms with Crippen molar-refractivity contribution in [1.29, 1.82) is 0 Å². The first kappa shape index (κ1) is 21.7. The summed E-state index contributed by atoms with van der Waals surface area (Å²) < 4.78 is 5.82. The highest BCUT2D eigenvalue weighted by molar-refractivity contribution is 7.13. The molecule has 0 spiro atoms. The van der Waals surface area contributed by atoms with Crippen molar-refractivity contribution in [3.05, 3.63) is 112 Å². The van der Waals surface area contributed by atoms with Gasteiger partial charge in [0.25, 0.3) is 5.91 Å². The smallest absolute Gasteiger partial charge is 0.266 e. The summed E-state index contributed by atoms with van der Waals surface area (Å²) in [6.07, 6.45) is 2.48. The van der Waals surface area contributed by atoms with E-state index in [0.29, 0.717) is 31.0 Å². The molecular formula is C26H25N3O2S. The number of ether oxygens (including phenoxy) is 1. The van der Waals surface area contributed by atoms with Crippen LogP contribution in [0.5, 0.6) is 5.75 Å². The van der Waals surface area contributed by atoms with Crippen LogP contribution >= 0.6 is 11.3 Å². The minimum absolute atomic E-state index is 0.00857. The molecule has 162 valence electrons. The van der Waals surface area contributed by atoms with Gasteiger partial charge in [-0.1, -0.05) is 54.6 Å². The second-order valence-corrected chi connectivity index (χ2v) is 8.49. The zero-order valence-electron chi connectivity index (χ0n) is 18.0. The number of thiazole rings is 1. The number of benzene rings is 2. The molecule has 5 nitrogen and oxygen atoms in total. The molecular weight excluding hydrogens is 418 g/mol. The van der Waals surface area contributed by atoms with Crippen LogP contribution < -0.4 is 4.74 Å². The summed E-state index contributed by atoms with van der Waals surface area (Å²) in [6.45, 7) is 3.35. The predicted molar refractivity (Wildman–Crippen MR) is 127 cm³/mol. The molecule has 0 unspecified atom stereocenters. The lowest BCUT2D eigenvalue weighted by Gasteiger charge is -2.22. The van der Waals surface area contributed by atoms with Crippen molar-refractivity contribution in [3.63, 3.8) is 0 Å². The number of pyridine rings is 1. The third-order valence-corrected chi connectivity index (χ3v) is 6.13. The Kier molecular flexibility index (Phi) is 7.25. The van der Waals surface area contributed by atoms with Gasteiger partial charge in [0.1, 0.15) is 22.2 Å². The summed E-state index contributed by atoms with van der Waals surface area (Å²) in [5.74, 6) is 0.778. The van der Waals surface area contributed by atoms with E-state index in [9.17, 15) is 4.79 Å². The number of aryl methyl sites for hydroxylation is 1. The van der Waals surface area contributed by atoms with Crippen molar-refractivity contribution in [3.8, 4) is 5.75 Å². The number of nitrogens with zero attached hydrogens (tertiary/aromatic N) is 3. The number of amides is 1. The van der Waals surface area contributed by atoms with E-state index in [4.69, 9.17) is 4.74 Å². The van der Waals surface area contributed by atoms with Crippen LogP contribution in [0.25, 0.3) is 0 Å². The minimum atomic E-state index is -0.00857. The van der Waals surface area contributed by atoms with Crippen LogP contribution in [0.15, 0.2) is 85.1 Å². The van der Waals surface area contributed by atoms with E-state index >= 15 is 0 Å². The van der Waals surface area contributed by atoms with Crippen molar-refractivity contribution in [2.24, 2.45) is 0 Å². The number of carbonyl (C=O) groups excluding carboxylic acids is 1. The number of carbonyl (C=O) groups is 1. The second-order valence-electron chi connectivity index (χ2n) is 7.41.